The molecule has 0 aliphatic heterocycles. The Bertz CT molecular complexity index is 868. The number of rotatable bonds is 3. The molecule has 0 saturated heterocycles. The molecular formula is C20H20N2. The standard InChI is InChI=1S/C20H20N2/c1-5-9-14(2)18-13-19-20(12-15(18)3)22(16(4)21-19)17-10-7-6-8-11-17/h5-13H,2H2,1,3-4H3/b9-5-. The van der Waals surface area contributed by atoms with Crippen molar-refractivity contribution in [1.29, 1.82) is 0 Å². The molecule has 3 aromatic rings. The molecule has 2 nitrogen and oxygen atoms in total. The molecule has 0 bridgehead atoms. The van der Waals surface area contributed by atoms with Gasteiger partial charge in [-0.05, 0) is 61.7 Å². The SMILES string of the molecule is C=C(/C=C\C)c1cc2nc(C)n(-c3ccccc3)c2cc1C. The molecule has 0 saturated carbocycles. The van der Waals surface area contributed by atoms with Crippen molar-refractivity contribution in [3.05, 3.63) is 78.1 Å². The predicted octanol–water partition coefficient (Wildman–Crippen LogP) is 5.23. The molecule has 0 aliphatic carbocycles. The van der Waals surface area contributed by atoms with Gasteiger partial charge in [-0.2, -0.15) is 0 Å². The molecule has 2 aromatic carbocycles. The first-order chi connectivity index (χ1) is 10.6. The van der Waals surface area contributed by atoms with E-state index in [1.807, 2.05) is 32.1 Å². The number of hydrogen-bond acceptors (Lipinski definition) is 1. The summed E-state index contributed by atoms with van der Waals surface area (Å²) in [5.41, 5.74) is 6.68. The van der Waals surface area contributed by atoms with Crippen LogP contribution in [0.4, 0.5) is 0 Å². The summed E-state index contributed by atoms with van der Waals surface area (Å²) in [7, 11) is 0. The van der Waals surface area contributed by atoms with Gasteiger partial charge in [-0.15, -0.1) is 0 Å². The molecule has 3 rings (SSSR count). The summed E-state index contributed by atoms with van der Waals surface area (Å²) < 4.78 is 2.20. The Kier molecular flexibility index (Phi) is 3.68. The third kappa shape index (κ3) is 2.37. The minimum absolute atomic E-state index is 0.995. The first-order valence-electron chi connectivity index (χ1n) is 7.49. The molecule has 0 N–H and O–H groups in total. The molecule has 110 valence electrons. The van der Waals surface area contributed by atoms with Crippen LogP contribution in [0.1, 0.15) is 23.9 Å². The van der Waals surface area contributed by atoms with Crippen LogP contribution in [0.5, 0.6) is 0 Å². The van der Waals surface area contributed by atoms with Crippen molar-refractivity contribution in [1.82, 2.24) is 9.55 Å². The van der Waals surface area contributed by atoms with E-state index in [-0.39, 0.29) is 0 Å². The van der Waals surface area contributed by atoms with Crippen LogP contribution >= 0.6 is 0 Å². The highest BCUT2D eigenvalue weighted by atomic mass is 15.1. The molecule has 0 fully saturated rings. The van der Waals surface area contributed by atoms with Crippen molar-refractivity contribution in [3.63, 3.8) is 0 Å². The van der Waals surface area contributed by atoms with Crippen LogP contribution in [0, 0.1) is 13.8 Å². The fourth-order valence-corrected chi connectivity index (χ4v) is 2.89. The molecule has 1 aromatic heterocycles. The van der Waals surface area contributed by atoms with E-state index in [0.29, 0.717) is 0 Å². The largest absolute Gasteiger partial charge is 0.297 e. The monoisotopic (exact) mass is 288 g/mol. The summed E-state index contributed by atoms with van der Waals surface area (Å²) in [4.78, 5) is 4.73. The van der Waals surface area contributed by atoms with E-state index in [1.165, 1.54) is 5.56 Å². The van der Waals surface area contributed by atoms with Gasteiger partial charge in [-0.25, -0.2) is 4.98 Å². The van der Waals surface area contributed by atoms with Gasteiger partial charge < -0.3 is 0 Å². The van der Waals surface area contributed by atoms with Crippen LogP contribution in [-0.2, 0) is 0 Å². The van der Waals surface area contributed by atoms with E-state index in [2.05, 4.69) is 54.5 Å². The molecule has 0 spiro atoms. The highest BCUT2D eigenvalue weighted by Gasteiger charge is 2.12. The summed E-state index contributed by atoms with van der Waals surface area (Å²) in [5.74, 6) is 0.995. The second-order valence-electron chi connectivity index (χ2n) is 5.51. The Hall–Kier alpha value is -2.61. The maximum absolute atomic E-state index is 4.73. The fourth-order valence-electron chi connectivity index (χ4n) is 2.89. The summed E-state index contributed by atoms with van der Waals surface area (Å²) in [6.07, 6.45) is 4.05. The van der Waals surface area contributed by atoms with E-state index in [9.17, 15) is 0 Å². The van der Waals surface area contributed by atoms with E-state index in [0.717, 1.165) is 33.7 Å². The topological polar surface area (TPSA) is 17.8 Å². The Morgan fingerprint density at radius 3 is 2.55 bits per heavy atom. The fraction of sp³-hybridized carbons (Fsp3) is 0.150. The van der Waals surface area contributed by atoms with Gasteiger partial charge in [0, 0.05) is 5.69 Å². The zero-order valence-electron chi connectivity index (χ0n) is 13.3. The number of benzene rings is 2. The van der Waals surface area contributed by atoms with Crippen molar-refractivity contribution in [2.45, 2.75) is 20.8 Å². The van der Waals surface area contributed by atoms with Gasteiger partial charge in [0.1, 0.15) is 5.82 Å². The number of allylic oxidation sites excluding steroid dienone is 3. The first-order valence-corrected chi connectivity index (χ1v) is 7.49. The van der Waals surface area contributed by atoms with E-state index in [4.69, 9.17) is 4.98 Å². The molecular weight excluding hydrogens is 268 g/mol. The van der Waals surface area contributed by atoms with Crippen LogP contribution in [-0.4, -0.2) is 9.55 Å². The Morgan fingerprint density at radius 1 is 1.14 bits per heavy atom. The van der Waals surface area contributed by atoms with Gasteiger partial charge in [-0.3, -0.25) is 4.57 Å². The summed E-state index contributed by atoms with van der Waals surface area (Å²) in [5, 5.41) is 0. The molecule has 2 heteroatoms. The third-order valence-corrected chi connectivity index (χ3v) is 3.90. The summed E-state index contributed by atoms with van der Waals surface area (Å²) in [6.45, 7) is 10.3. The van der Waals surface area contributed by atoms with Gasteiger partial charge in [0.2, 0.25) is 0 Å². The number of hydrogen-bond donors (Lipinski definition) is 0. The van der Waals surface area contributed by atoms with Crippen molar-refractivity contribution >= 4 is 16.6 Å². The van der Waals surface area contributed by atoms with Crippen LogP contribution in [0.15, 0.2) is 61.2 Å². The normalized spacial score (nSPS) is 11.4. The third-order valence-electron chi connectivity index (χ3n) is 3.90. The highest BCUT2D eigenvalue weighted by molar-refractivity contribution is 5.86. The van der Waals surface area contributed by atoms with Gasteiger partial charge >= 0.3 is 0 Å². The van der Waals surface area contributed by atoms with Crippen LogP contribution in [0.25, 0.3) is 22.3 Å². The smallest absolute Gasteiger partial charge is 0.111 e. The lowest BCUT2D eigenvalue weighted by atomic mass is 10.0. The van der Waals surface area contributed by atoms with Crippen LogP contribution in [0.3, 0.4) is 0 Å². The molecule has 0 atom stereocenters. The minimum Gasteiger partial charge on any atom is -0.297 e. The summed E-state index contributed by atoms with van der Waals surface area (Å²) in [6, 6.07) is 14.7. The first kappa shape index (κ1) is 14.3. The average molecular weight is 288 g/mol. The van der Waals surface area contributed by atoms with E-state index < -0.39 is 0 Å². The molecule has 0 amide bonds. The molecule has 1 heterocycles. The average Bonchev–Trinajstić information content (AvgIpc) is 2.82. The maximum Gasteiger partial charge on any atom is 0.111 e. The number of imidazole rings is 1. The lowest BCUT2D eigenvalue weighted by Crippen LogP contribution is -1.96. The van der Waals surface area contributed by atoms with Gasteiger partial charge in [0.15, 0.2) is 0 Å². The molecule has 0 aliphatic rings. The number of aryl methyl sites for hydroxylation is 2. The van der Waals surface area contributed by atoms with Gasteiger partial charge in [-0.1, -0.05) is 36.9 Å². The van der Waals surface area contributed by atoms with Crippen LogP contribution in [0.2, 0.25) is 0 Å². The number of nitrogens with zero attached hydrogens (tertiary/aromatic N) is 2. The van der Waals surface area contributed by atoms with Crippen LogP contribution < -0.4 is 0 Å². The van der Waals surface area contributed by atoms with Gasteiger partial charge in [0.05, 0.1) is 11.0 Å². The van der Waals surface area contributed by atoms with Crippen molar-refractivity contribution < 1.29 is 0 Å². The Balaban J connectivity index is 2.24. The Morgan fingerprint density at radius 2 is 1.86 bits per heavy atom. The summed E-state index contributed by atoms with van der Waals surface area (Å²) >= 11 is 0. The molecule has 0 unspecified atom stereocenters. The van der Waals surface area contributed by atoms with E-state index >= 15 is 0 Å². The van der Waals surface area contributed by atoms with Crippen molar-refractivity contribution in [3.8, 4) is 5.69 Å². The maximum atomic E-state index is 4.73. The molecule has 0 radical (unpaired) electrons. The second kappa shape index (κ2) is 5.64. The zero-order valence-corrected chi connectivity index (χ0v) is 13.3. The van der Waals surface area contributed by atoms with E-state index in [1.54, 1.807) is 0 Å². The highest BCUT2D eigenvalue weighted by Crippen LogP contribution is 2.27. The predicted molar refractivity (Wildman–Crippen MR) is 94.4 cm³/mol. The number of aromatic nitrogens is 2. The quantitative estimate of drug-likeness (QED) is 0.603. The van der Waals surface area contributed by atoms with Crippen molar-refractivity contribution in [2.24, 2.45) is 0 Å². The second-order valence-corrected chi connectivity index (χ2v) is 5.51. The van der Waals surface area contributed by atoms with Crippen molar-refractivity contribution in [2.75, 3.05) is 0 Å². The number of para-hydroxylation sites is 1. The lowest BCUT2D eigenvalue weighted by molar-refractivity contribution is 1.00. The molecule has 22 heavy (non-hydrogen) atoms. The lowest BCUT2D eigenvalue weighted by Gasteiger charge is -2.09. The minimum atomic E-state index is 0.995. The zero-order chi connectivity index (χ0) is 15.7. The number of fused-ring (bicyclic) bond motifs is 1. The Labute approximate surface area is 131 Å². The van der Waals surface area contributed by atoms with Gasteiger partial charge in [0.25, 0.3) is 0 Å².